The first-order valence-corrected chi connectivity index (χ1v) is 10.9. The van der Waals surface area contributed by atoms with E-state index in [1.807, 2.05) is 49.4 Å². The fraction of sp³-hybridized carbons (Fsp3) is 0.125. The van der Waals surface area contributed by atoms with Gasteiger partial charge >= 0.3 is 0 Å². The highest BCUT2D eigenvalue weighted by Gasteiger charge is 2.14. The maximum absolute atomic E-state index is 12.9. The molecule has 3 heteroatoms. The molecule has 1 nitrogen and oxygen atoms in total. The van der Waals surface area contributed by atoms with Gasteiger partial charge in [0.15, 0.2) is 5.78 Å². The van der Waals surface area contributed by atoms with E-state index in [1.54, 1.807) is 23.5 Å². The summed E-state index contributed by atoms with van der Waals surface area (Å²) < 4.78 is 1.09. The van der Waals surface area contributed by atoms with E-state index in [4.69, 9.17) is 0 Å². The number of hydrogen-bond donors (Lipinski definition) is 0. The highest BCUT2D eigenvalue weighted by molar-refractivity contribution is 8.21. The molecule has 0 aliphatic carbocycles. The molecule has 0 heterocycles. The second-order valence-electron chi connectivity index (χ2n) is 6.16. The Bertz CT molecular complexity index is 842. The van der Waals surface area contributed by atoms with Gasteiger partial charge in [0, 0.05) is 26.9 Å². The first kappa shape index (κ1) is 19.5. The van der Waals surface area contributed by atoms with Crippen molar-refractivity contribution in [2.75, 3.05) is 0 Å². The van der Waals surface area contributed by atoms with Crippen LogP contribution in [0.4, 0.5) is 0 Å². The summed E-state index contributed by atoms with van der Waals surface area (Å²) in [4.78, 5) is 12.9. The first-order valence-electron chi connectivity index (χ1n) is 8.88. The van der Waals surface area contributed by atoms with Gasteiger partial charge in [-0.3, -0.25) is 4.79 Å². The van der Waals surface area contributed by atoms with Crippen molar-refractivity contribution in [1.82, 2.24) is 0 Å². The van der Waals surface area contributed by atoms with Crippen LogP contribution in [0.25, 0.3) is 0 Å². The molecule has 0 unspecified atom stereocenters. The topological polar surface area (TPSA) is 17.1 Å². The number of benzene rings is 3. The van der Waals surface area contributed by atoms with Crippen LogP contribution in [0.1, 0.15) is 28.4 Å². The van der Waals surface area contributed by atoms with E-state index >= 15 is 0 Å². The normalized spacial score (nSPS) is 10.4. The molecule has 0 bridgehead atoms. The van der Waals surface area contributed by atoms with Crippen LogP contribution in [0, 0.1) is 0 Å². The van der Waals surface area contributed by atoms with Crippen LogP contribution in [0.3, 0.4) is 0 Å². The van der Waals surface area contributed by atoms with E-state index in [0.717, 1.165) is 26.9 Å². The van der Waals surface area contributed by atoms with Crippen molar-refractivity contribution in [2.24, 2.45) is 0 Å². The number of ketones is 1. The van der Waals surface area contributed by atoms with Gasteiger partial charge in [0.1, 0.15) is 0 Å². The van der Waals surface area contributed by atoms with Crippen LogP contribution in [0.2, 0.25) is 0 Å². The van der Waals surface area contributed by atoms with Crippen molar-refractivity contribution in [3.8, 4) is 0 Å². The Kier molecular flexibility index (Phi) is 7.37. The van der Waals surface area contributed by atoms with Gasteiger partial charge in [0.05, 0.1) is 0 Å². The maximum atomic E-state index is 12.9. The lowest BCUT2D eigenvalue weighted by Gasteiger charge is -2.12. The first-order chi connectivity index (χ1) is 13.2. The molecular formula is C24H22OS2. The van der Waals surface area contributed by atoms with Crippen molar-refractivity contribution in [3.63, 3.8) is 0 Å². The molecule has 0 fully saturated rings. The van der Waals surface area contributed by atoms with Crippen molar-refractivity contribution in [2.45, 2.75) is 18.4 Å². The average Bonchev–Trinajstić information content (AvgIpc) is 2.75. The van der Waals surface area contributed by atoms with Crippen molar-refractivity contribution in [3.05, 3.63) is 117 Å². The van der Waals surface area contributed by atoms with Gasteiger partial charge < -0.3 is 0 Å². The third kappa shape index (κ3) is 5.88. The lowest BCUT2D eigenvalue weighted by atomic mass is 10.1. The van der Waals surface area contributed by atoms with Gasteiger partial charge in [-0.05, 0) is 18.1 Å². The van der Waals surface area contributed by atoms with Crippen molar-refractivity contribution in [1.29, 1.82) is 0 Å². The van der Waals surface area contributed by atoms with Crippen LogP contribution in [-0.4, -0.2) is 5.78 Å². The van der Waals surface area contributed by atoms with E-state index in [9.17, 15) is 4.79 Å². The third-order valence-corrected chi connectivity index (χ3v) is 6.91. The average molecular weight is 391 g/mol. The minimum Gasteiger partial charge on any atom is -0.289 e. The molecule has 3 aromatic rings. The second-order valence-corrected chi connectivity index (χ2v) is 8.39. The highest BCUT2D eigenvalue weighted by atomic mass is 32.2. The number of allylic oxidation sites excluding steroid dienone is 1. The monoisotopic (exact) mass is 390 g/mol. The van der Waals surface area contributed by atoms with Gasteiger partial charge in [0.25, 0.3) is 0 Å². The van der Waals surface area contributed by atoms with Gasteiger partial charge in [-0.2, -0.15) is 0 Å². The molecule has 0 radical (unpaired) electrons. The smallest absolute Gasteiger partial charge is 0.190 e. The minimum atomic E-state index is 0.103. The summed E-state index contributed by atoms with van der Waals surface area (Å²) in [5.41, 5.74) is 4.09. The summed E-state index contributed by atoms with van der Waals surface area (Å²) in [7, 11) is 0. The Balaban J connectivity index is 1.79. The molecule has 0 N–H and O–H groups in total. The summed E-state index contributed by atoms with van der Waals surface area (Å²) in [6.45, 7) is 1.95. The second kappa shape index (κ2) is 10.2. The lowest BCUT2D eigenvalue weighted by molar-refractivity contribution is 0.103. The predicted octanol–water partition coefficient (Wildman–Crippen LogP) is 6.97. The van der Waals surface area contributed by atoms with Crippen LogP contribution in [-0.2, 0) is 11.5 Å². The summed E-state index contributed by atoms with van der Waals surface area (Å²) in [6, 6.07) is 30.3. The molecule has 3 rings (SSSR count). The van der Waals surface area contributed by atoms with Gasteiger partial charge in [-0.1, -0.05) is 91.0 Å². The highest BCUT2D eigenvalue weighted by Crippen LogP contribution is 2.37. The summed E-state index contributed by atoms with van der Waals surface area (Å²) in [6.07, 6.45) is 0. The van der Waals surface area contributed by atoms with E-state index in [0.29, 0.717) is 0 Å². The fourth-order valence-corrected chi connectivity index (χ4v) is 4.89. The number of hydrogen-bond acceptors (Lipinski definition) is 3. The standard InChI is InChI=1S/C24H22OS2/c1-19(23(25)22-15-9-4-10-16-22)24(26-17-20-11-5-2-6-12-20)27-18-21-13-7-3-8-14-21/h2-16H,17-18H2,1H3. The van der Waals surface area contributed by atoms with Gasteiger partial charge in [0.2, 0.25) is 0 Å². The summed E-state index contributed by atoms with van der Waals surface area (Å²) >= 11 is 3.49. The number of thioether (sulfide) groups is 2. The van der Waals surface area contributed by atoms with Crippen LogP contribution in [0.15, 0.2) is 101 Å². The lowest BCUT2D eigenvalue weighted by Crippen LogP contribution is -2.02. The van der Waals surface area contributed by atoms with Crippen molar-refractivity contribution >= 4 is 29.3 Å². The zero-order valence-electron chi connectivity index (χ0n) is 15.3. The Hall–Kier alpha value is -2.23. The molecule has 0 aromatic heterocycles. The zero-order chi connectivity index (χ0) is 18.9. The molecule has 3 aromatic carbocycles. The van der Waals surface area contributed by atoms with E-state index in [1.165, 1.54) is 11.1 Å². The van der Waals surface area contributed by atoms with E-state index in [2.05, 4.69) is 48.5 Å². The molecule has 0 saturated heterocycles. The summed E-state index contributed by atoms with van der Waals surface area (Å²) in [5.74, 6) is 1.82. The fourth-order valence-electron chi connectivity index (χ4n) is 2.60. The maximum Gasteiger partial charge on any atom is 0.190 e. The number of carbonyl (C=O) groups is 1. The minimum absolute atomic E-state index is 0.103. The Labute approximate surface area is 169 Å². The third-order valence-electron chi connectivity index (χ3n) is 4.11. The molecule has 0 saturated carbocycles. The molecule has 136 valence electrons. The van der Waals surface area contributed by atoms with E-state index < -0.39 is 0 Å². The molecule has 0 aliphatic rings. The predicted molar refractivity (Wildman–Crippen MR) is 119 cm³/mol. The van der Waals surface area contributed by atoms with Gasteiger partial charge in [-0.15, -0.1) is 23.5 Å². The number of rotatable bonds is 8. The Morgan fingerprint density at radius 2 is 1.07 bits per heavy atom. The zero-order valence-corrected chi connectivity index (χ0v) is 16.9. The van der Waals surface area contributed by atoms with Crippen LogP contribution >= 0.6 is 23.5 Å². The summed E-state index contributed by atoms with van der Waals surface area (Å²) in [5, 5.41) is 0. The van der Waals surface area contributed by atoms with Gasteiger partial charge in [-0.25, -0.2) is 0 Å². The molecule has 0 aliphatic heterocycles. The Morgan fingerprint density at radius 3 is 1.52 bits per heavy atom. The SMILES string of the molecule is CC(C(=O)c1ccccc1)=C(SCc1ccccc1)SCc1ccccc1. The molecule has 0 atom stereocenters. The molecular weight excluding hydrogens is 368 g/mol. The quantitative estimate of drug-likeness (QED) is 0.305. The molecule has 0 spiro atoms. The largest absolute Gasteiger partial charge is 0.289 e. The molecule has 27 heavy (non-hydrogen) atoms. The van der Waals surface area contributed by atoms with Crippen molar-refractivity contribution < 1.29 is 4.79 Å². The van der Waals surface area contributed by atoms with E-state index in [-0.39, 0.29) is 5.78 Å². The van der Waals surface area contributed by atoms with Crippen LogP contribution in [0.5, 0.6) is 0 Å². The van der Waals surface area contributed by atoms with Crippen LogP contribution < -0.4 is 0 Å². The number of carbonyl (C=O) groups excluding carboxylic acids is 1. The Morgan fingerprint density at radius 1 is 0.667 bits per heavy atom. The number of Topliss-reactive ketones (excluding diaryl/α,β-unsaturated/α-hetero) is 1. The molecule has 0 amide bonds.